The van der Waals surface area contributed by atoms with Gasteiger partial charge in [0.05, 0.1) is 5.69 Å². The van der Waals surface area contributed by atoms with Gasteiger partial charge in [-0.1, -0.05) is 12.1 Å². The van der Waals surface area contributed by atoms with Crippen molar-refractivity contribution in [1.29, 1.82) is 0 Å². The molecule has 7 heteroatoms. The summed E-state index contributed by atoms with van der Waals surface area (Å²) in [6, 6.07) is 1.58. The molecule has 0 saturated heterocycles. The van der Waals surface area contributed by atoms with E-state index < -0.39 is 5.60 Å². The van der Waals surface area contributed by atoms with Crippen molar-refractivity contribution in [3.05, 3.63) is 17.5 Å². The van der Waals surface area contributed by atoms with Gasteiger partial charge in [-0.15, -0.1) is 0 Å². The molecule has 1 N–H and O–H groups in total. The molecule has 0 aliphatic rings. The first-order valence-electron chi connectivity index (χ1n) is 7.24. The van der Waals surface area contributed by atoms with Gasteiger partial charge in [0.2, 0.25) is 5.76 Å². The zero-order valence-electron chi connectivity index (χ0n) is 14.1. The maximum absolute atomic E-state index is 11.8. The molecule has 1 aromatic heterocycles. The van der Waals surface area contributed by atoms with Crippen molar-refractivity contribution >= 4 is 12.0 Å². The Labute approximate surface area is 131 Å². The molecule has 1 rings (SSSR count). The lowest BCUT2D eigenvalue weighted by atomic mass is 10.1. The molecule has 0 unspecified atom stereocenters. The minimum Gasteiger partial charge on any atom is -0.444 e. The van der Waals surface area contributed by atoms with Crippen LogP contribution in [0.4, 0.5) is 4.79 Å². The number of carbonyl (C=O) groups is 2. The molecular formula is C15H25N3O4. The first-order chi connectivity index (χ1) is 10.1. The van der Waals surface area contributed by atoms with Gasteiger partial charge in [-0.2, -0.15) is 0 Å². The van der Waals surface area contributed by atoms with Crippen molar-refractivity contribution in [2.45, 2.75) is 40.2 Å². The van der Waals surface area contributed by atoms with E-state index in [0.29, 0.717) is 18.8 Å². The molecule has 0 aromatic carbocycles. The topological polar surface area (TPSA) is 84.7 Å². The Morgan fingerprint density at radius 1 is 1.45 bits per heavy atom. The van der Waals surface area contributed by atoms with Gasteiger partial charge in [-0.25, -0.2) is 4.79 Å². The number of nitrogens with zero attached hydrogens (tertiary/aromatic N) is 2. The van der Waals surface area contributed by atoms with Gasteiger partial charge in [-0.05, 0) is 33.6 Å². The van der Waals surface area contributed by atoms with Gasteiger partial charge in [0.15, 0.2) is 0 Å². The van der Waals surface area contributed by atoms with Gasteiger partial charge in [0.25, 0.3) is 5.91 Å². The van der Waals surface area contributed by atoms with E-state index in [-0.39, 0.29) is 23.7 Å². The van der Waals surface area contributed by atoms with Crippen LogP contribution in [0.3, 0.4) is 0 Å². The molecule has 7 nitrogen and oxygen atoms in total. The van der Waals surface area contributed by atoms with Gasteiger partial charge in [0.1, 0.15) is 5.60 Å². The fraction of sp³-hybridized carbons (Fsp3) is 0.667. The highest BCUT2D eigenvalue weighted by molar-refractivity contribution is 5.91. The van der Waals surface area contributed by atoms with E-state index in [4.69, 9.17) is 9.26 Å². The predicted molar refractivity (Wildman–Crippen MR) is 81.6 cm³/mol. The van der Waals surface area contributed by atoms with Crippen LogP contribution in [0.15, 0.2) is 10.6 Å². The highest BCUT2D eigenvalue weighted by Gasteiger charge is 2.21. The third kappa shape index (κ3) is 6.15. The smallest absolute Gasteiger partial charge is 0.410 e. The minimum absolute atomic E-state index is 0.0745. The third-order valence-corrected chi connectivity index (χ3v) is 2.75. The molecule has 0 aliphatic heterocycles. The number of amides is 2. The van der Waals surface area contributed by atoms with Gasteiger partial charge in [0, 0.05) is 26.2 Å². The zero-order valence-corrected chi connectivity index (χ0v) is 14.1. The average Bonchev–Trinajstić information content (AvgIpc) is 2.80. The van der Waals surface area contributed by atoms with E-state index in [2.05, 4.69) is 10.5 Å². The standard InChI is InChI=1S/C15H25N3O4/c1-10(9-18(6)14(20)21-15(3,4)5)8-16-13(19)12-7-11(2)17-22-12/h7,10H,8-9H2,1-6H3,(H,16,19)/t10-/m0/s1. The van der Waals surface area contributed by atoms with E-state index in [9.17, 15) is 9.59 Å². The lowest BCUT2D eigenvalue weighted by Crippen LogP contribution is -2.39. The highest BCUT2D eigenvalue weighted by Crippen LogP contribution is 2.10. The van der Waals surface area contributed by atoms with Crippen molar-refractivity contribution in [3.8, 4) is 0 Å². The molecule has 1 aromatic rings. The summed E-state index contributed by atoms with van der Waals surface area (Å²) in [5.74, 6) is -0.0527. The van der Waals surface area contributed by atoms with Crippen LogP contribution in [0, 0.1) is 12.8 Å². The predicted octanol–water partition coefficient (Wildman–Crippen LogP) is 2.22. The molecule has 1 atom stereocenters. The summed E-state index contributed by atoms with van der Waals surface area (Å²) in [5, 5.41) is 6.42. The Bertz CT molecular complexity index is 519. The van der Waals surface area contributed by atoms with Crippen molar-refractivity contribution < 1.29 is 18.8 Å². The molecule has 0 saturated carbocycles. The van der Waals surface area contributed by atoms with Gasteiger partial charge < -0.3 is 19.5 Å². The fourth-order valence-electron chi connectivity index (χ4n) is 1.77. The second-order valence-electron chi connectivity index (χ2n) is 6.51. The lowest BCUT2D eigenvalue weighted by Gasteiger charge is -2.26. The molecule has 22 heavy (non-hydrogen) atoms. The maximum Gasteiger partial charge on any atom is 0.410 e. The number of carbonyl (C=O) groups excluding carboxylic acids is 2. The van der Waals surface area contributed by atoms with Crippen LogP contribution in [0.25, 0.3) is 0 Å². The van der Waals surface area contributed by atoms with Crippen LogP contribution in [0.5, 0.6) is 0 Å². The fourth-order valence-corrected chi connectivity index (χ4v) is 1.77. The molecule has 1 heterocycles. The summed E-state index contributed by atoms with van der Waals surface area (Å²) >= 11 is 0. The van der Waals surface area contributed by atoms with Gasteiger partial charge in [-0.3, -0.25) is 4.79 Å². The summed E-state index contributed by atoms with van der Waals surface area (Å²) in [6.07, 6.45) is -0.378. The van der Waals surface area contributed by atoms with Crippen LogP contribution in [0.1, 0.15) is 43.9 Å². The van der Waals surface area contributed by atoms with Crippen molar-refractivity contribution in [2.24, 2.45) is 5.92 Å². The summed E-state index contributed by atoms with van der Waals surface area (Å²) in [6.45, 7) is 10.0. The molecule has 0 spiro atoms. The van der Waals surface area contributed by atoms with Gasteiger partial charge >= 0.3 is 6.09 Å². The molecule has 0 aliphatic carbocycles. The van der Waals surface area contributed by atoms with Crippen LogP contribution in [-0.2, 0) is 4.74 Å². The minimum atomic E-state index is -0.521. The Balaban J connectivity index is 2.38. The van der Waals surface area contributed by atoms with E-state index in [1.165, 1.54) is 4.90 Å². The molecule has 0 radical (unpaired) electrons. The summed E-state index contributed by atoms with van der Waals surface area (Å²) in [4.78, 5) is 25.2. The Hall–Kier alpha value is -2.05. The largest absolute Gasteiger partial charge is 0.444 e. The Morgan fingerprint density at radius 3 is 2.59 bits per heavy atom. The molecule has 124 valence electrons. The number of hydrogen-bond acceptors (Lipinski definition) is 5. The summed E-state index contributed by atoms with van der Waals surface area (Å²) < 4.78 is 10.2. The molecular weight excluding hydrogens is 286 g/mol. The lowest BCUT2D eigenvalue weighted by molar-refractivity contribution is 0.0277. The van der Waals surface area contributed by atoms with Crippen LogP contribution < -0.4 is 5.32 Å². The van der Waals surface area contributed by atoms with E-state index >= 15 is 0 Å². The van der Waals surface area contributed by atoms with E-state index in [1.807, 2.05) is 27.7 Å². The second kappa shape index (κ2) is 7.29. The Kier molecular flexibility index (Phi) is 5.96. The molecule has 0 fully saturated rings. The number of aromatic nitrogens is 1. The monoisotopic (exact) mass is 311 g/mol. The summed E-state index contributed by atoms with van der Waals surface area (Å²) in [5.41, 5.74) is 0.135. The van der Waals surface area contributed by atoms with Crippen LogP contribution >= 0.6 is 0 Å². The number of nitrogens with one attached hydrogen (secondary N) is 1. The first kappa shape index (κ1) is 18.0. The number of hydrogen-bond donors (Lipinski definition) is 1. The molecule has 2 amide bonds. The second-order valence-corrected chi connectivity index (χ2v) is 6.51. The zero-order chi connectivity index (χ0) is 16.9. The van der Waals surface area contributed by atoms with Crippen LogP contribution in [0.2, 0.25) is 0 Å². The molecule has 0 bridgehead atoms. The number of aryl methyl sites for hydroxylation is 1. The third-order valence-electron chi connectivity index (χ3n) is 2.75. The SMILES string of the molecule is Cc1cc(C(=O)NC[C@H](C)CN(C)C(=O)OC(C)(C)C)on1. The van der Waals surface area contributed by atoms with Crippen molar-refractivity contribution in [1.82, 2.24) is 15.4 Å². The average molecular weight is 311 g/mol. The number of ether oxygens (including phenoxy) is 1. The first-order valence-corrected chi connectivity index (χ1v) is 7.24. The highest BCUT2D eigenvalue weighted by atomic mass is 16.6. The van der Waals surface area contributed by atoms with E-state index in [0.717, 1.165) is 0 Å². The quantitative estimate of drug-likeness (QED) is 0.901. The number of rotatable bonds is 5. The van der Waals surface area contributed by atoms with Crippen molar-refractivity contribution in [3.63, 3.8) is 0 Å². The van der Waals surface area contributed by atoms with Crippen LogP contribution in [-0.4, -0.2) is 47.8 Å². The Morgan fingerprint density at radius 2 is 2.09 bits per heavy atom. The van der Waals surface area contributed by atoms with Crippen molar-refractivity contribution in [2.75, 3.05) is 20.1 Å². The van der Waals surface area contributed by atoms with E-state index in [1.54, 1.807) is 20.0 Å². The summed E-state index contributed by atoms with van der Waals surface area (Å²) in [7, 11) is 1.67. The normalized spacial score (nSPS) is 12.6. The maximum atomic E-state index is 11.8.